The van der Waals surface area contributed by atoms with Crippen LogP contribution in [0.15, 0.2) is 47.6 Å². The van der Waals surface area contributed by atoms with E-state index in [2.05, 4.69) is 20.7 Å². The number of anilines is 2. The average Bonchev–Trinajstić information content (AvgIpc) is 3.00. The number of Topliss-reactive ketones (excluding diaryl/α,β-unsaturated/α-hetero) is 1. The van der Waals surface area contributed by atoms with Gasteiger partial charge in [-0.3, -0.25) is 19.4 Å². The molecule has 0 aliphatic carbocycles. The van der Waals surface area contributed by atoms with E-state index in [9.17, 15) is 14.4 Å². The first-order chi connectivity index (χ1) is 15.0. The van der Waals surface area contributed by atoms with Crippen LogP contribution in [0.5, 0.6) is 0 Å². The van der Waals surface area contributed by atoms with Crippen molar-refractivity contribution < 1.29 is 19.1 Å². The third kappa shape index (κ3) is 4.74. The van der Waals surface area contributed by atoms with Crippen LogP contribution in [0, 0.1) is 0 Å². The third-order valence-electron chi connectivity index (χ3n) is 4.95. The molecule has 4 rings (SSSR count). The summed E-state index contributed by atoms with van der Waals surface area (Å²) in [6.45, 7) is 2.91. The van der Waals surface area contributed by atoms with E-state index < -0.39 is 17.7 Å². The molecule has 0 radical (unpaired) electrons. The quantitative estimate of drug-likeness (QED) is 0.421. The lowest BCUT2D eigenvalue weighted by atomic mass is 10.1. The van der Waals surface area contributed by atoms with Crippen LogP contribution in [0.4, 0.5) is 16.2 Å². The maximum Gasteiger partial charge on any atom is 0.339 e. The Morgan fingerprint density at radius 3 is 2.71 bits per heavy atom. The van der Waals surface area contributed by atoms with Crippen molar-refractivity contribution >= 4 is 46.9 Å². The first-order valence-electron chi connectivity index (χ1n) is 9.68. The number of ketones is 1. The average molecular weight is 442 g/mol. The van der Waals surface area contributed by atoms with E-state index in [4.69, 9.17) is 16.3 Å². The Hall–Kier alpha value is -3.27. The molecule has 0 bridgehead atoms. The highest BCUT2D eigenvalue weighted by atomic mass is 35.5. The monoisotopic (exact) mass is 441 g/mol. The van der Waals surface area contributed by atoms with Gasteiger partial charge < -0.3 is 10.1 Å². The molecule has 9 nitrogen and oxygen atoms in total. The van der Waals surface area contributed by atoms with Gasteiger partial charge in [-0.1, -0.05) is 29.8 Å². The van der Waals surface area contributed by atoms with E-state index in [1.807, 2.05) is 0 Å². The summed E-state index contributed by atoms with van der Waals surface area (Å²) in [5.74, 6) is -1.17. The van der Waals surface area contributed by atoms with E-state index in [-0.39, 0.29) is 5.56 Å². The molecule has 31 heavy (non-hydrogen) atoms. The maximum absolute atomic E-state index is 12.5. The molecule has 2 heterocycles. The molecule has 10 heteroatoms. The van der Waals surface area contributed by atoms with Crippen LogP contribution in [-0.4, -0.2) is 61.8 Å². The Balaban J connectivity index is 1.41. The minimum Gasteiger partial charge on any atom is -0.379 e. The van der Waals surface area contributed by atoms with Gasteiger partial charge in [-0.15, -0.1) is 0 Å². The van der Waals surface area contributed by atoms with Crippen molar-refractivity contribution in [2.75, 3.05) is 43.2 Å². The normalized spacial score (nSPS) is 16.6. The molecule has 0 saturated carbocycles. The number of nitrogens with zero attached hydrogens (tertiary/aromatic N) is 3. The van der Waals surface area contributed by atoms with Crippen LogP contribution in [-0.2, 0) is 9.53 Å². The number of carbonyl (C=O) groups excluding carboxylic acids is 3. The molecule has 1 fully saturated rings. The van der Waals surface area contributed by atoms with E-state index in [1.54, 1.807) is 36.4 Å². The van der Waals surface area contributed by atoms with Crippen molar-refractivity contribution in [3.05, 3.63) is 58.6 Å². The SMILES string of the molecule is O=C(N/N=C/c1ccccc1Cl)Nc1ccc2c(c1)C(=O)C(=O)N2CN1CCOCC1. The molecule has 1 saturated heterocycles. The van der Waals surface area contributed by atoms with Crippen molar-refractivity contribution in [2.45, 2.75) is 0 Å². The minimum absolute atomic E-state index is 0.260. The predicted molar refractivity (Wildman–Crippen MR) is 117 cm³/mol. The summed E-state index contributed by atoms with van der Waals surface area (Å²) in [7, 11) is 0. The zero-order chi connectivity index (χ0) is 21.8. The first kappa shape index (κ1) is 21.0. The van der Waals surface area contributed by atoms with Crippen LogP contribution in [0.25, 0.3) is 0 Å². The summed E-state index contributed by atoms with van der Waals surface area (Å²) in [4.78, 5) is 40.5. The Labute approximate surface area is 183 Å². The number of ether oxygens (including phenoxy) is 1. The highest BCUT2D eigenvalue weighted by molar-refractivity contribution is 6.52. The number of hydrogen-bond donors (Lipinski definition) is 2. The number of hydrogen-bond acceptors (Lipinski definition) is 6. The molecule has 3 amide bonds. The zero-order valence-corrected chi connectivity index (χ0v) is 17.3. The summed E-state index contributed by atoms with van der Waals surface area (Å²) < 4.78 is 5.32. The number of nitrogens with one attached hydrogen (secondary N) is 2. The number of fused-ring (bicyclic) bond motifs is 1. The van der Waals surface area contributed by atoms with Crippen molar-refractivity contribution in [1.82, 2.24) is 10.3 Å². The van der Waals surface area contributed by atoms with Crippen LogP contribution < -0.4 is 15.6 Å². The summed E-state index contributed by atoms with van der Waals surface area (Å²) >= 11 is 6.03. The number of benzene rings is 2. The maximum atomic E-state index is 12.5. The van der Waals surface area contributed by atoms with Crippen LogP contribution >= 0.6 is 11.6 Å². The van der Waals surface area contributed by atoms with Crippen LogP contribution in [0.1, 0.15) is 15.9 Å². The standard InChI is InChI=1S/C21H20ClN5O4/c22-17-4-2-1-3-14(17)12-23-25-21(30)24-15-5-6-18-16(11-15)19(28)20(29)27(18)13-26-7-9-31-10-8-26/h1-6,11-12H,7-10,13H2,(H2,24,25,30)/b23-12+. The fourth-order valence-electron chi connectivity index (χ4n) is 3.36. The van der Waals surface area contributed by atoms with Gasteiger partial charge in [-0.05, 0) is 24.3 Å². The summed E-state index contributed by atoms with van der Waals surface area (Å²) in [6.07, 6.45) is 1.43. The van der Waals surface area contributed by atoms with E-state index in [0.717, 1.165) is 0 Å². The number of carbonyl (C=O) groups is 3. The summed E-state index contributed by atoms with van der Waals surface area (Å²) in [6, 6.07) is 11.3. The molecule has 2 aliphatic rings. The Morgan fingerprint density at radius 1 is 1.16 bits per heavy atom. The van der Waals surface area contributed by atoms with Gasteiger partial charge in [0.1, 0.15) is 0 Å². The summed E-state index contributed by atoms with van der Waals surface area (Å²) in [5, 5.41) is 6.97. The lowest BCUT2D eigenvalue weighted by molar-refractivity contribution is -0.114. The Bertz CT molecular complexity index is 1050. The van der Waals surface area contributed by atoms with Gasteiger partial charge in [0.15, 0.2) is 0 Å². The molecule has 2 aromatic rings. The van der Waals surface area contributed by atoms with Crippen molar-refractivity contribution in [3.8, 4) is 0 Å². The lowest BCUT2D eigenvalue weighted by Gasteiger charge is -2.30. The number of morpholine rings is 1. The van der Waals surface area contributed by atoms with Crippen molar-refractivity contribution in [3.63, 3.8) is 0 Å². The molecular formula is C21H20ClN5O4. The molecule has 2 N–H and O–H groups in total. The van der Waals surface area contributed by atoms with Gasteiger partial charge in [-0.25, -0.2) is 10.2 Å². The minimum atomic E-state index is -0.593. The van der Waals surface area contributed by atoms with E-state index in [0.29, 0.717) is 54.9 Å². The molecular weight excluding hydrogens is 422 g/mol. The fourth-order valence-corrected chi connectivity index (χ4v) is 3.55. The van der Waals surface area contributed by atoms with Crippen molar-refractivity contribution in [2.24, 2.45) is 5.10 Å². The van der Waals surface area contributed by atoms with Gasteiger partial charge in [0.05, 0.1) is 37.3 Å². The Morgan fingerprint density at radius 2 is 1.94 bits per heavy atom. The largest absolute Gasteiger partial charge is 0.379 e. The Kier molecular flexibility index (Phi) is 6.26. The number of rotatable bonds is 5. The van der Waals surface area contributed by atoms with Crippen LogP contribution in [0.3, 0.4) is 0 Å². The van der Waals surface area contributed by atoms with Crippen molar-refractivity contribution in [1.29, 1.82) is 0 Å². The van der Waals surface area contributed by atoms with E-state index >= 15 is 0 Å². The fraction of sp³-hybridized carbons (Fsp3) is 0.238. The predicted octanol–water partition coefficient (Wildman–Crippen LogP) is 2.31. The lowest BCUT2D eigenvalue weighted by Crippen LogP contribution is -2.45. The number of urea groups is 1. The third-order valence-corrected chi connectivity index (χ3v) is 5.29. The molecule has 0 atom stereocenters. The first-order valence-corrected chi connectivity index (χ1v) is 10.1. The van der Waals surface area contributed by atoms with Gasteiger partial charge in [0.2, 0.25) is 0 Å². The smallest absolute Gasteiger partial charge is 0.339 e. The van der Waals surface area contributed by atoms with Gasteiger partial charge in [0, 0.05) is 29.4 Å². The topological polar surface area (TPSA) is 103 Å². The zero-order valence-electron chi connectivity index (χ0n) is 16.5. The molecule has 2 aliphatic heterocycles. The second-order valence-electron chi connectivity index (χ2n) is 7.01. The number of halogens is 1. The van der Waals surface area contributed by atoms with E-state index in [1.165, 1.54) is 17.2 Å². The summed E-state index contributed by atoms with van der Waals surface area (Å²) in [5.41, 5.74) is 4.16. The highest BCUT2D eigenvalue weighted by Gasteiger charge is 2.37. The molecule has 0 spiro atoms. The molecule has 160 valence electrons. The number of hydrazone groups is 1. The molecule has 2 aromatic carbocycles. The number of amides is 3. The second kappa shape index (κ2) is 9.25. The van der Waals surface area contributed by atoms with Gasteiger partial charge in [0.25, 0.3) is 5.78 Å². The van der Waals surface area contributed by atoms with Gasteiger partial charge >= 0.3 is 11.9 Å². The second-order valence-corrected chi connectivity index (χ2v) is 7.42. The molecule has 0 unspecified atom stereocenters. The van der Waals surface area contributed by atoms with Crippen LogP contribution in [0.2, 0.25) is 5.02 Å². The highest BCUT2D eigenvalue weighted by Crippen LogP contribution is 2.31. The van der Waals surface area contributed by atoms with Gasteiger partial charge in [-0.2, -0.15) is 5.10 Å². The molecule has 0 aromatic heterocycles.